The number of aryl methyl sites for hydroxylation is 1. The summed E-state index contributed by atoms with van der Waals surface area (Å²) in [6.45, 7) is 6.91. The molecule has 0 saturated heterocycles. The molecule has 1 aromatic heterocycles. The molecule has 1 saturated carbocycles. The van der Waals surface area contributed by atoms with E-state index < -0.39 is 0 Å². The van der Waals surface area contributed by atoms with Gasteiger partial charge < -0.3 is 9.42 Å². The third-order valence-electron chi connectivity index (χ3n) is 5.17. The van der Waals surface area contributed by atoms with Gasteiger partial charge in [-0.2, -0.15) is 4.98 Å². The normalized spacial score (nSPS) is 15.6. The van der Waals surface area contributed by atoms with Crippen LogP contribution in [0.25, 0.3) is 11.4 Å². The van der Waals surface area contributed by atoms with Gasteiger partial charge in [0.2, 0.25) is 17.6 Å². The minimum atomic E-state index is 0.222. The number of amides is 1. The van der Waals surface area contributed by atoms with Gasteiger partial charge in [-0.3, -0.25) is 4.79 Å². The molecule has 1 heterocycles. The summed E-state index contributed by atoms with van der Waals surface area (Å²) < 4.78 is 5.40. The number of rotatable bonds is 7. The van der Waals surface area contributed by atoms with Gasteiger partial charge in [0.1, 0.15) is 0 Å². The second kappa shape index (κ2) is 7.81. The predicted molar refractivity (Wildman–Crippen MR) is 97.0 cm³/mol. The summed E-state index contributed by atoms with van der Waals surface area (Å²) in [5, 5.41) is 4.09. The Hall–Kier alpha value is -2.17. The van der Waals surface area contributed by atoms with Crippen molar-refractivity contribution in [3.05, 3.63) is 35.7 Å². The number of carbonyl (C=O) groups is 1. The third-order valence-corrected chi connectivity index (χ3v) is 5.17. The zero-order valence-corrected chi connectivity index (χ0v) is 15.4. The maximum absolute atomic E-state index is 12.7. The Morgan fingerprint density at radius 2 is 2.20 bits per heavy atom. The molecule has 134 valence electrons. The molecular formula is C20H27N3O2. The molecule has 25 heavy (non-hydrogen) atoms. The Morgan fingerprint density at radius 1 is 1.40 bits per heavy atom. The van der Waals surface area contributed by atoms with Gasteiger partial charge in [0.15, 0.2) is 0 Å². The van der Waals surface area contributed by atoms with Crippen LogP contribution >= 0.6 is 0 Å². The fourth-order valence-electron chi connectivity index (χ4n) is 3.13. The lowest BCUT2D eigenvalue weighted by Gasteiger charge is -2.35. The summed E-state index contributed by atoms with van der Waals surface area (Å²) >= 11 is 0. The van der Waals surface area contributed by atoms with Crippen molar-refractivity contribution in [2.45, 2.75) is 58.9 Å². The van der Waals surface area contributed by atoms with Crippen LogP contribution in [0.2, 0.25) is 0 Å². The topological polar surface area (TPSA) is 59.2 Å². The van der Waals surface area contributed by atoms with Crippen molar-refractivity contribution < 1.29 is 9.32 Å². The Kier molecular flexibility index (Phi) is 5.51. The highest BCUT2D eigenvalue weighted by Gasteiger charge is 2.31. The first kappa shape index (κ1) is 17.6. The highest BCUT2D eigenvalue weighted by atomic mass is 16.5. The van der Waals surface area contributed by atoms with Gasteiger partial charge in [0.05, 0.1) is 0 Å². The van der Waals surface area contributed by atoms with Crippen LogP contribution in [0.3, 0.4) is 0 Å². The molecule has 1 aliphatic carbocycles. The van der Waals surface area contributed by atoms with E-state index in [0.717, 1.165) is 30.4 Å². The van der Waals surface area contributed by atoms with Crippen molar-refractivity contribution in [2.75, 3.05) is 6.54 Å². The predicted octanol–water partition coefficient (Wildman–Crippen LogP) is 4.01. The van der Waals surface area contributed by atoms with Crippen LogP contribution in [0, 0.1) is 12.8 Å². The Balaban J connectivity index is 1.65. The number of carbonyl (C=O) groups excluding carboxylic acids is 1. The lowest BCUT2D eigenvalue weighted by molar-refractivity contribution is -0.140. The average Bonchev–Trinajstić information content (AvgIpc) is 3.02. The monoisotopic (exact) mass is 341 g/mol. The summed E-state index contributed by atoms with van der Waals surface area (Å²) in [6, 6.07) is 8.30. The van der Waals surface area contributed by atoms with Gasteiger partial charge in [-0.1, -0.05) is 42.3 Å². The lowest BCUT2D eigenvalue weighted by atomic mass is 9.84. The number of nitrogens with zero attached hydrogens (tertiary/aromatic N) is 3. The van der Waals surface area contributed by atoms with E-state index in [9.17, 15) is 4.79 Å². The highest BCUT2D eigenvalue weighted by molar-refractivity contribution is 5.79. The Bertz CT molecular complexity index is 721. The van der Waals surface area contributed by atoms with Crippen molar-refractivity contribution in [1.29, 1.82) is 0 Å². The average molecular weight is 341 g/mol. The first-order valence-corrected chi connectivity index (χ1v) is 9.28. The van der Waals surface area contributed by atoms with E-state index in [1.165, 1.54) is 6.42 Å². The van der Waals surface area contributed by atoms with Gasteiger partial charge >= 0.3 is 0 Å². The fraction of sp³-hybridized carbons (Fsp3) is 0.550. The quantitative estimate of drug-likeness (QED) is 0.763. The largest absolute Gasteiger partial charge is 0.339 e. The van der Waals surface area contributed by atoms with Crippen molar-refractivity contribution in [3.63, 3.8) is 0 Å². The summed E-state index contributed by atoms with van der Waals surface area (Å²) in [7, 11) is 0. The molecule has 0 aliphatic heterocycles. The molecule has 3 rings (SSSR count). The van der Waals surface area contributed by atoms with Gasteiger partial charge in [-0.15, -0.1) is 0 Å². The zero-order valence-electron chi connectivity index (χ0n) is 15.4. The van der Waals surface area contributed by atoms with E-state index in [4.69, 9.17) is 4.52 Å². The van der Waals surface area contributed by atoms with Crippen molar-refractivity contribution in [3.8, 4) is 11.4 Å². The second-order valence-corrected chi connectivity index (χ2v) is 7.05. The van der Waals surface area contributed by atoms with E-state index in [-0.39, 0.29) is 12.0 Å². The molecule has 2 aromatic rings. The van der Waals surface area contributed by atoms with E-state index in [1.54, 1.807) is 0 Å². The van der Waals surface area contributed by atoms with Crippen LogP contribution in [0.1, 0.15) is 51.0 Å². The number of aromatic nitrogens is 2. The molecule has 0 radical (unpaired) electrons. The van der Waals surface area contributed by atoms with Crippen LogP contribution in [-0.2, 0) is 11.2 Å². The van der Waals surface area contributed by atoms with Gasteiger partial charge in [-0.25, -0.2) is 0 Å². The Morgan fingerprint density at radius 3 is 2.84 bits per heavy atom. The molecule has 1 fully saturated rings. The van der Waals surface area contributed by atoms with Gasteiger partial charge in [0.25, 0.3) is 0 Å². The van der Waals surface area contributed by atoms with Crippen LogP contribution < -0.4 is 0 Å². The molecule has 1 atom stereocenters. The van der Waals surface area contributed by atoms with Crippen LogP contribution in [-0.4, -0.2) is 33.5 Å². The second-order valence-electron chi connectivity index (χ2n) is 7.05. The molecule has 1 aliphatic rings. The molecule has 1 amide bonds. The maximum atomic E-state index is 12.7. The molecule has 0 bridgehead atoms. The standard InChI is InChI=1S/C20H27N3O2/c1-4-15(3)23(20(24)16-8-6-9-16)12-11-18-21-19(22-25-18)17-10-5-7-14(2)13-17/h5,7,10,13,15-16H,4,6,8-9,11-12H2,1-3H3/t15-/m0/s1. The van der Waals surface area contributed by atoms with Gasteiger partial charge in [0, 0.05) is 30.5 Å². The fourth-order valence-corrected chi connectivity index (χ4v) is 3.13. The first-order valence-electron chi connectivity index (χ1n) is 9.28. The smallest absolute Gasteiger partial charge is 0.228 e. The SMILES string of the molecule is CC[C@H](C)N(CCc1nc(-c2cccc(C)c2)no1)C(=O)C1CCC1. The number of hydrogen-bond donors (Lipinski definition) is 0. The van der Waals surface area contributed by atoms with E-state index in [0.29, 0.717) is 30.6 Å². The van der Waals surface area contributed by atoms with Crippen molar-refractivity contribution >= 4 is 5.91 Å². The first-order chi connectivity index (χ1) is 12.1. The molecule has 0 unspecified atom stereocenters. The number of benzene rings is 1. The van der Waals surface area contributed by atoms with E-state index in [2.05, 4.69) is 24.0 Å². The van der Waals surface area contributed by atoms with Crippen molar-refractivity contribution in [1.82, 2.24) is 15.0 Å². The zero-order chi connectivity index (χ0) is 17.8. The van der Waals surface area contributed by atoms with Crippen LogP contribution in [0.15, 0.2) is 28.8 Å². The van der Waals surface area contributed by atoms with E-state index >= 15 is 0 Å². The summed E-state index contributed by atoms with van der Waals surface area (Å²) in [4.78, 5) is 19.2. The molecular weight excluding hydrogens is 314 g/mol. The maximum Gasteiger partial charge on any atom is 0.228 e. The summed E-state index contributed by atoms with van der Waals surface area (Å²) in [6.07, 6.45) is 4.79. The summed E-state index contributed by atoms with van der Waals surface area (Å²) in [5.41, 5.74) is 2.12. The summed E-state index contributed by atoms with van der Waals surface area (Å²) in [5.74, 6) is 1.71. The molecule has 0 spiro atoms. The minimum Gasteiger partial charge on any atom is -0.339 e. The molecule has 5 heteroatoms. The van der Waals surface area contributed by atoms with Crippen molar-refractivity contribution in [2.24, 2.45) is 5.92 Å². The third kappa shape index (κ3) is 4.09. The van der Waals surface area contributed by atoms with E-state index in [1.807, 2.05) is 36.1 Å². The number of hydrogen-bond acceptors (Lipinski definition) is 4. The minimum absolute atomic E-state index is 0.222. The highest BCUT2D eigenvalue weighted by Crippen LogP contribution is 2.29. The molecule has 0 N–H and O–H groups in total. The van der Waals surface area contributed by atoms with Crippen LogP contribution in [0.5, 0.6) is 0 Å². The molecule has 1 aromatic carbocycles. The molecule has 5 nitrogen and oxygen atoms in total. The lowest BCUT2D eigenvalue weighted by Crippen LogP contribution is -2.44. The van der Waals surface area contributed by atoms with Gasteiger partial charge in [-0.05, 0) is 39.2 Å². The Labute approximate surface area is 149 Å². The van der Waals surface area contributed by atoms with Crippen LogP contribution in [0.4, 0.5) is 0 Å².